The van der Waals surface area contributed by atoms with Gasteiger partial charge in [0.1, 0.15) is 16.9 Å². The van der Waals surface area contributed by atoms with Gasteiger partial charge >= 0.3 is 0 Å². The Labute approximate surface area is 192 Å². The van der Waals surface area contributed by atoms with E-state index in [1.54, 1.807) is 30.8 Å². The van der Waals surface area contributed by atoms with Crippen molar-refractivity contribution in [3.63, 3.8) is 0 Å². The normalized spacial score (nSPS) is 11.2. The summed E-state index contributed by atoms with van der Waals surface area (Å²) < 4.78 is 7.04. The van der Waals surface area contributed by atoms with Crippen molar-refractivity contribution in [3.05, 3.63) is 65.8 Å². The summed E-state index contributed by atoms with van der Waals surface area (Å²) in [7, 11) is 1.59. The molecule has 0 fully saturated rings. The van der Waals surface area contributed by atoms with Crippen molar-refractivity contribution < 1.29 is 9.53 Å². The lowest BCUT2D eigenvalue weighted by Gasteiger charge is -2.06. The number of benzene rings is 2. The third kappa shape index (κ3) is 3.92. The summed E-state index contributed by atoms with van der Waals surface area (Å²) in [5.74, 6) is 0.754. The topological polar surface area (TPSA) is 81.4 Å². The minimum absolute atomic E-state index is 0.134. The summed E-state index contributed by atoms with van der Waals surface area (Å²) in [6.45, 7) is 2.07. The number of rotatable bonds is 6. The molecule has 0 aliphatic carbocycles. The third-order valence-corrected chi connectivity index (χ3v) is 6.83. The molecule has 160 valence electrons. The fourth-order valence-electron chi connectivity index (χ4n) is 3.39. The van der Waals surface area contributed by atoms with Crippen LogP contribution < -0.4 is 10.1 Å². The van der Waals surface area contributed by atoms with Crippen molar-refractivity contribution in [2.45, 2.75) is 12.1 Å². The van der Waals surface area contributed by atoms with E-state index in [4.69, 9.17) is 4.74 Å². The van der Waals surface area contributed by atoms with Crippen LogP contribution in [0.15, 0.2) is 65.4 Å². The van der Waals surface area contributed by atoms with Gasteiger partial charge in [0, 0.05) is 22.7 Å². The van der Waals surface area contributed by atoms with Crippen molar-refractivity contribution in [2.75, 3.05) is 18.2 Å². The third-order valence-electron chi connectivity index (χ3n) is 5.00. The molecule has 3 heterocycles. The largest absolute Gasteiger partial charge is 0.497 e. The smallest absolute Gasteiger partial charge is 0.234 e. The molecular weight excluding hydrogens is 442 g/mol. The number of nitrogens with one attached hydrogen (secondary N) is 1. The Morgan fingerprint density at radius 1 is 1.19 bits per heavy atom. The Kier molecular flexibility index (Phi) is 5.50. The number of amides is 1. The number of thioether (sulfide) groups is 1. The molecule has 1 amide bonds. The van der Waals surface area contributed by atoms with Gasteiger partial charge in [-0.3, -0.25) is 9.20 Å². The number of aryl methyl sites for hydroxylation is 1. The second-order valence-electron chi connectivity index (χ2n) is 7.19. The van der Waals surface area contributed by atoms with Gasteiger partial charge in [-0.15, -0.1) is 21.5 Å². The maximum atomic E-state index is 12.4. The number of carbonyl (C=O) groups excluding carboxylic acids is 1. The molecular formula is C23H19N5O2S2. The van der Waals surface area contributed by atoms with Gasteiger partial charge < -0.3 is 10.1 Å². The van der Waals surface area contributed by atoms with Gasteiger partial charge in [-0.05, 0) is 24.6 Å². The molecule has 7 nitrogen and oxygen atoms in total. The minimum atomic E-state index is -0.134. The molecule has 5 aromatic rings. The van der Waals surface area contributed by atoms with Crippen LogP contribution in [-0.2, 0) is 4.79 Å². The second-order valence-corrected chi connectivity index (χ2v) is 8.99. The van der Waals surface area contributed by atoms with E-state index in [1.807, 2.05) is 22.6 Å². The summed E-state index contributed by atoms with van der Waals surface area (Å²) in [6, 6.07) is 15.7. The van der Waals surface area contributed by atoms with Crippen LogP contribution in [-0.4, -0.2) is 38.4 Å². The first kappa shape index (κ1) is 20.5. The number of aromatic nitrogens is 4. The number of nitrogens with zero attached hydrogens (tertiary/aromatic N) is 4. The zero-order chi connectivity index (χ0) is 22.1. The van der Waals surface area contributed by atoms with Crippen LogP contribution >= 0.6 is 23.1 Å². The number of fused-ring (bicyclic) bond motifs is 3. The van der Waals surface area contributed by atoms with Gasteiger partial charge in [0.2, 0.25) is 5.91 Å². The van der Waals surface area contributed by atoms with E-state index in [0.717, 1.165) is 27.0 Å². The molecule has 1 N–H and O–H groups in total. The second kappa shape index (κ2) is 8.60. The highest BCUT2D eigenvalue weighted by Gasteiger charge is 2.17. The molecule has 0 saturated heterocycles. The van der Waals surface area contributed by atoms with Crippen molar-refractivity contribution in [1.29, 1.82) is 0 Å². The van der Waals surface area contributed by atoms with E-state index in [9.17, 15) is 4.79 Å². The molecule has 0 bridgehead atoms. The van der Waals surface area contributed by atoms with Gasteiger partial charge in [0.05, 0.1) is 18.2 Å². The highest BCUT2D eigenvalue weighted by atomic mass is 32.2. The molecule has 0 radical (unpaired) electrons. The van der Waals surface area contributed by atoms with Gasteiger partial charge in [0.25, 0.3) is 0 Å². The standard InChI is InChI=1S/C23H19N5O2S2/c1-14-6-8-15(9-7-14)18-11-31-22-20(18)21-26-27-23(28(21)13-24-22)32-12-19(29)25-16-4-3-5-17(10-16)30-2/h3-11,13H,12H2,1-2H3,(H,25,29). The number of hydrogen-bond acceptors (Lipinski definition) is 7. The monoisotopic (exact) mass is 461 g/mol. The van der Waals surface area contributed by atoms with Crippen LogP contribution in [0.4, 0.5) is 5.69 Å². The predicted octanol–water partition coefficient (Wildman–Crippen LogP) is 5.05. The van der Waals surface area contributed by atoms with Gasteiger partial charge in [-0.25, -0.2) is 4.98 Å². The van der Waals surface area contributed by atoms with Crippen molar-refractivity contribution >= 4 is 50.6 Å². The molecule has 9 heteroatoms. The van der Waals surface area contributed by atoms with Crippen molar-refractivity contribution in [2.24, 2.45) is 0 Å². The summed E-state index contributed by atoms with van der Waals surface area (Å²) >= 11 is 2.90. The minimum Gasteiger partial charge on any atom is -0.497 e. The average Bonchev–Trinajstić information content (AvgIpc) is 3.42. The molecule has 0 aliphatic rings. The van der Waals surface area contributed by atoms with Crippen LogP contribution in [0.1, 0.15) is 5.56 Å². The Morgan fingerprint density at radius 2 is 2.03 bits per heavy atom. The van der Waals surface area contributed by atoms with Gasteiger partial charge in [-0.1, -0.05) is 47.7 Å². The summed E-state index contributed by atoms with van der Waals surface area (Å²) in [6.07, 6.45) is 1.72. The Hall–Kier alpha value is -3.43. The summed E-state index contributed by atoms with van der Waals surface area (Å²) in [4.78, 5) is 17.9. The van der Waals surface area contributed by atoms with Crippen LogP contribution in [0.3, 0.4) is 0 Å². The van der Waals surface area contributed by atoms with Gasteiger partial charge in [-0.2, -0.15) is 0 Å². The average molecular weight is 462 g/mol. The Balaban J connectivity index is 1.39. The lowest BCUT2D eigenvalue weighted by molar-refractivity contribution is -0.113. The molecule has 0 saturated carbocycles. The quantitative estimate of drug-likeness (QED) is 0.356. The molecule has 5 rings (SSSR count). The fourth-order valence-corrected chi connectivity index (χ4v) is 5.01. The molecule has 0 atom stereocenters. The lowest BCUT2D eigenvalue weighted by atomic mass is 10.0. The number of ether oxygens (including phenoxy) is 1. The highest BCUT2D eigenvalue weighted by molar-refractivity contribution is 7.99. The SMILES string of the molecule is COc1cccc(NC(=O)CSc2nnc3c4c(-c5ccc(C)cc5)csc4ncn23)c1. The van der Waals surface area contributed by atoms with E-state index < -0.39 is 0 Å². The number of hydrogen-bond donors (Lipinski definition) is 1. The zero-order valence-corrected chi connectivity index (χ0v) is 19.0. The first-order valence-electron chi connectivity index (χ1n) is 9.87. The zero-order valence-electron chi connectivity index (χ0n) is 17.4. The Bertz CT molecular complexity index is 1430. The maximum absolute atomic E-state index is 12.4. The number of anilines is 1. The first-order chi connectivity index (χ1) is 15.6. The molecule has 32 heavy (non-hydrogen) atoms. The lowest BCUT2D eigenvalue weighted by Crippen LogP contribution is -2.14. The molecule has 0 unspecified atom stereocenters. The fraction of sp³-hybridized carbons (Fsp3) is 0.130. The van der Waals surface area contributed by atoms with Crippen molar-refractivity contribution in [1.82, 2.24) is 19.6 Å². The first-order valence-corrected chi connectivity index (χ1v) is 11.7. The molecule has 3 aromatic heterocycles. The van der Waals surface area contributed by atoms with E-state index in [1.165, 1.54) is 17.3 Å². The van der Waals surface area contributed by atoms with E-state index in [2.05, 4.69) is 57.1 Å². The predicted molar refractivity (Wildman–Crippen MR) is 129 cm³/mol. The van der Waals surface area contributed by atoms with Crippen LogP contribution in [0.2, 0.25) is 0 Å². The van der Waals surface area contributed by atoms with E-state index in [-0.39, 0.29) is 11.7 Å². The molecule has 2 aromatic carbocycles. The summed E-state index contributed by atoms with van der Waals surface area (Å²) in [5.41, 5.74) is 4.84. The Morgan fingerprint density at radius 3 is 2.84 bits per heavy atom. The van der Waals surface area contributed by atoms with Crippen molar-refractivity contribution in [3.8, 4) is 16.9 Å². The van der Waals surface area contributed by atoms with Crippen LogP contribution in [0.5, 0.6) is 5.75 Å². The summed E-state index contributed by atoms with van der Waals surface area (Å²) in [5, 5.41) is 15.3. The number of methoxy groups -OCH3 is 1. The molecule has 0 spiro atoms. The molecule has 0 aliphatic heterocycles. The maximum Gasteiger partial charge on any atom is 0.234 e. The van der Waals surface area contributed by atoms with E-state index in [0.29, 0.717) is 16.6 Å². The van der Waals surface area contributed by atoms with Crippen LogP contribution in [0, 0.1) is 6.92 Å². The van der Waals surface area contributed by atoms with Gasteiger partial charge in [0.15, 0.2) is 10.8 Å². The number of thiophene rings is 1. The van der Waals surface area contributed by atoms with Crippen LogP contribution in [0.25, 0.3) is 27.0 Å². The number of carbonyl (C=O) groups is 1. The highest BCUT2D eigenvalue weighted by Crippen LogP contribution is 2.36. The van der Waals surface area contributed by atoms with E-state index >= 15 is 0 Å².